The van der Waals surface area contributed by atoms with Crippen LogP contribution in [0.3, 0.4) is 0 Å². The third kappa shape index (κ3) is 13.3. The maximum absolute atomic E-state index is 13.2. The molecule has 0 aliphatic carbocycles. The number of β-lactam (4-membered cyclic amide) rings is 2. The van der Waals surface area contributed by atoms with Gasteiger partial charge in [-0.15, -0.1) is 0 Å². The summed E-state index contributed by atoms with van der Waals surface area (Å²) in [6.45, 7) is 19.9. The number of nitrogens with zero attached hydrogens (tertiary/aromatic N) is 7. The Bertz CT molecular complexity index is 1870. The lowest BCUT2D eigenvalue weighted by molar-refractivity contribution is -0.169. The van der Waals surface area contributed by atoms with Crippen LogP contribution in [0.15, 0.2) is 12.7 Å². The predicted octanol–water partition coefficient (Wildman–Crippen LogP) is 3.13. The van der Waals surface area contributed by atoms with Crippen LogP contribution in [0, 0.1) is 23.7 Å². The van der Waals surface area contributed by atoms with Gasteiger partial charge < -0.3 is 53.5 Å². The Morgan fingerprint density at radius 1 is 0.559 bits per heavy atom. The Balaban J connectivity index is 0.000000258. The number of likely N-dealkylation sites (tertiary alicyclic amines) is 4. The molecule has 0 saturated carbocycles. The number of carbonyl (C=O) groups is 9. The average molecular weight is 961 g/mol. The van der Waals surface area contributed by atoms with Gasteiger partial charge in [-0.3, -0.25) is 9.59 Å². The lowest BCUT2D eigenvalue weighted by atomic mass is 9.77. The Kier molecular flexibility index (Phi) is 18.1. The molecular formula is C46H72N8O14. The van der Waals surface area contributed by atoms with E-state index in [0.29, 0.717) is 78.0 Å². The largest absolute Gasteiger partial charge is 0.467 e. The Morgan fingerprint density at radius 3 is 1.26 bits per heavy atom. The number of imide groups is 2. The molecule has 6 heterocycles. The van der Waals surface area contributed by atoms with Crippen LogP contribution in [0.25, 0.3) is 0 Å². The van der Waals surface area contributed by atoms with Crippen molar-refractivity contribution >= 4 is 54.1 Å². The number of rotatable bonds is 8. The van der Waals surface area contributed by atoms with Crippen LogP contribution in [-0.4, -0.2) is 211 Å². The zero-order chi connectivity index (χ0) is 50.1. The van der Waals surface area contributed by atoms with Gasteiger partial charge in [0, 0.05) is 78.5 Å². The van der Waals surface area contributed by atoms with Crippen LogP contribution >= 0.6 is 0 Å². The lowest BCUT2D eigenvalue weighted by Gasteiger charge is -2.47. The topological polar surface area (TPSA) is 234 Å². The third-order valence-corrected chi connectivity index (χ3v) is 13.0. The number of amides is 9. The van der Waals surface area contributed by atoms with Crippen LogP contribution in [0.2, 0.25) is 0 Å². The highest BCUT2D eigenvalue weighted by Crippen LogP contribution is 2.39. The SMILES string of the molecule is C=CCOC(=O)N1CCN(C(=O)N2C(=O)[C@H](CC3CCN(C(=O)OC(C)(C)C)CC3)[C@H]2C(=O)OC)CC1.COC(=O)[C@@H]1[C@@H](CC2CCN(C(=O)OC(C)(C)C)CC2)C(=O)N1C(=O)N1CCNCC1. The maximum atomic E-state index is 13.2. The molecule has 0 aromatic carbocycles. The van der Waals surface area contributed by atoms with E-state index in [4.69, 9.17) is 23.7 Å². The zero-order valence-corrected chi connectivity index (χ0v) is 41.0. The molecule has 0 spiro atoms. The summed E-state index contributed by atoms with van der Waals surface area (Å²) < 4.78 is 25.7. The number of hydrogen-bond donors (Lipinski definition) is 1. The highest BCUT2D eigenvalue weighted by molar-refractivity contribution is 6.08. The summed E-state index contributed by atoms with van der Waals surface area (Å²) in [6.07, 6.45) is 4.04. The zero-order valence-electron chi connectivity index (χ0n) is 41.0. The summed E-state index contributed by atoms with van der Waals surface area (Å²) in [5.74, 6) is -2.79. The summed E-state index contributed by atoms with van der Waals surface area (Å²) in [5, 5.41) is 3.16. The Morgan fingerprint density at radius 2 is 0.912 bits per heavy atom. The van der Waals surface area contributed by atoms with Crippen LogP contribution in [0.5, 0.6) is 0 Å². The molecule has 6 aliphatic heterocycles. The number of esters is 2. The molecule has 0 radical (unpaired) electrons. The van der Waals surface area contributed by atoms with Crippen LogP contribution in [0.4, 0.5) is 24.0 Å². The molecule has 0 unspecified atom stereocenters. The minimum atomic E-state index is -0.982. The number of carbonyl (C=O) groups excluding carboxylic acids is 9. The number of piperazine rings is 2. The molecule has 6 saturated heterocycles. The molecule has 6 fully saturated rings. The summed E-state index contributed by atoms with van der Waals surface area (Å²) in [5.41, 5.74) is -1.11. The number of hydrogen-bond acceptors (Lipinski definition) is 15. The lowest BCUT2D eigenvalue weighted by Crippen LogP contribution is -2.70. The first-order chi connectivity index (χ1) is 32.1. The second-order valence-electron chi connectivity index (χ2n) is 20.0. The fraction of sp³-hybridized carbons (Fsp3) is 0.761. The molecule has 0 aromatic rings. The van der Waals surface area contributed by atoms with Crippen molar-refractivity contribution in [2.45, 2.75) is 103 Å². The smallest absolute Gasteiger partial charge is 0.410 e. The van der Waals surface area contributed by atoms with Gasteiger partial charge in [0.1, 0.15) is 17.8 Å². The van der Waals surface area contributed by atoms with Crippen molar-refractivity contribution in [2.75, 3.05) is 99.4 Å². The molecule has 4 atom stereocenters. The molecule has 1 N–H and O–H groups in total. The molecule has 22 heteroatoms. The predicted molar refractivity (Wildman–Crippen MR) is 243 cm³/mol. The summed E-state index contributed by atoms with van der Waals surface area (Å²) >= 11 is 0. The first-order valence-corrected chi connectivity index (χ1v) is 23.7. The van der Waals surface area contributed by atoms with E-state index in [1.54, 1.807) is 14.7 Å². The number of nitrogens with one attached hydrogen (secondary N) is 1. The number of ether oxygens (including phenoxy) is 5. The first kappa shape index (κ1) is 53.3. The molecular weight excluding hydrogens is 889 g/mol. The monoisotopic (exact) mass is 961 g/mol. The number of methoxy groups -OCH3 is 2. The van der Waals surface area contributed by atoms with Crippen molar-refractivity contribution in [1.82, 2.24) is 39.6 Å². The average Bonchev–Trinajstić information content (AvgIpc) is 3.31. The van der Waals surface area contributed by atoms with Gasteiger partial charge in [0.2, 0.25) is 11.8 Å². The van der Waals surface area contributed by atoms with Crippen molar-refractivity contribution in [3.63, 3.8) is 0 Å². The van der Waals surface area contributed by atoms with Gasteiger partial charge in [-0.1, -0.05) is 12.7 Å². The van der Waals surface area contributed by atoms with E-state index in [0.717, 1.165) is 22.6 Å². The van der Waals surface area contributed by atoms with Crippen molar-refractivity contribution in [3.8, 4) is 0 Å². The van der Waals surface area contributed by atoms with Gasteiger partial charge in [0.25, 0.3) is 0 Å². The number of urea groups is 2. The molecule has 6 aliphatic rings. The molecule has 380 valence electrons. The van der Waals surface area contributed by atoms with E-state index in [9.17, 15) is 43.2 Å². The molecule has 6 rings (SSSR count). The van der Waals surface area contributed by atoms with Crippen molar-refractivity contribution in [2.24, 2.45) is 23.7 Å². The fourth-order valence-electron chi connectivity index (χ4n) is 9.30. The molecule has 22 nitrogen and oxygen atoms in total. The minimum Gasteiger partial charge on any atom is -0.467 e. The van der Waals surface area contributed by atoms with E-state index in [2.05, 4.69) is 11.9 Å². The van der Waals surface area contributed by atoms with Gasteiger partial charge >= 0.3 is 42.3 Å². The van der Waals surface area contributed by atoms with Gasteiger partial charge in [-0.2, -0.15) is 0 Å². The normalized spacial score (nSPS) is 23.9. The van der Waals surface area contributed by atoms with Crippen molar-refractivity contribution < 1.29 is 66.8 Å². The molecule has 0 bridgehead atoms. The molecule has 68 heavy (non-hydrogen) atoms. The van der Waals surface area contributed by atoms with E-state index >= 15 is 0 Å². The summed E-state index contributed by atoms with van der Waals surface area (Å²) in [7, 11) is 2.51. The highest BCUT2D eigenvalue weighted by atomic mass is 16.6. The van der Waals surface area contributed by atoms with Gasteiger partial charge in [0.15, 0.2) is 12.1 Å². The second kappa shape index (κ2) is 23.1. The van der Waals surface area contributed by atoms with E-state index < -0.39 is 71.1 Å². The van der Waals surface area contributed by atoms with Gasteiger partial charge in [-0.05, 0) is 91.9 Å². The summed E-state index contributed by atoms with van der Waals surface area (Å²) in [6, 6.07) is -2.83. The van der Waals surface area contributed by atoms with Crippen LogP contribution < -0.4 is 5.32 Å². The van der Waals surface area contributed by atoms with Crippen molar-refractivity contribution in [1.29, 1.82) is 0 Å². The summed E-state index contributed by atoms with van der Waals surface area (Å²) in [4.78, 5) is 123. The van der Waals surface area contributed by atoms with E-state index in [1.165, 1.54) is 30.1 Å². The third-order valence-electron chi connectivity index (χ3n) is 13.0. The second-order valence-corrected chi connectivity index (χ2v) is 20.0. The minimum absolute atomic E-state index is 0.0997. The molecule has 0 aromatic heterocycles. The molecule has 9 amide bonds. The van der Waals surface area contributed by atoms with E-state index in [-0.39, 0.29) is 62.7 Å². The van der Waals surface area contributed by atoms with Crippen LogP contribution in [0.1, 0.15) is 80.1 Å². The van der Waals surface area contributed by atoms with Crippen LogP contribution in [-0.2, 0) is 42.9 Å². The van der Waals surface area contributed by atoms with Gasteiger partial charge in [0.05, 0.1) is 26.1 Å². The number of piperidine rings is 2. The Labute approximate surface area is 398 Å². The quantitative estimate of drug-likeness (QED) is 0.159. The highest BCUT2D eigenvalue weighted by Gasteiger charge is 2.58. The van der Waals surface area contributed by atoms with Gasteiger partial charge in [-0.25, -0.2) is 43.4 Å². The Hall–Kier alpha value is -5.67. The standard InChI is InChI=1S/C25H38N4O8.C21H34N4O6/c1-6-15-36-23(33)28-13-11-26(12-14-28)22(32)29-19(21(31)35-5)18(20(29)30)16-17-7-9-27(10-8-17)24(34)37-25(2,3)4;1-21(2,3)31-20(29)24-9-5-14(6-10-24)13-15-16(18(27)30-4)25(17(15)26)19(28)23-11-7-22-8-12-23/h6,17-19H,1,7-16H2,2-5H3;14-16,22H,5-13H2,1-4H3/t18-,19+;15-,16+/m11/s1. The van der Waals surface area contributed by atoms with Crippen molar-refractivity contribution in [3.05, 3.63) is 12.7 Å². The maximum Gasteiger partial charge on any atom is 0.410 e. The van der Waals surface area contributed by atoms with E-state index in [1.807, 2.05) is 41.5 Å². The fourth-order valence-corrected chi connectivity index (χ4v) is 9.30. The first-order valence-electron chi connectivity index (χ1n) is 23.7.